The Bertz CT molecular complexity index is 493. The normalized spacial score (nSPS) is 11.8. The van der Waals surface area contributed by atoms with Gasteiger partial charge in [0.15, 0.2) is 6.10 Å². The number of esters is 1. The van der Waals surface area contributed by atoms with E-state index < -0.39 is 18.0 Å². The minimum Gasteiger partial charge on any atom is -0.492 e. The molecule has 0 spiro atoms. The topological polar surface area (TPSA) is 78.6 Å². The molecule has 0 aliphatic carbocycles. The van der Waals surface area contributed by atoms with Crippen LogP contribution in [-0.2, 0) is 14.3 Å². The minimum atomic E-state index is -0.922. The number of hydrogen-bond acceptors (Lipinski definition) is 4. The molecule has 0 aromatic heterocycles. The molecule has 20 heavy (non-hydrogen) atoms. The fourth-order valence-electron chi connectivity index (χ4n) is 1.31. The van der Waals surface area contributed by atoms with Crippen molar-refractivity contribution in [1.29, 1.82) is 0 Å². The van der Waals surface area contributed by atoms with E-state index >= 15 is 0 Å². The van der Waals surface area contributed by atoms with Gasteiger partial charge < -0.3 is 15.2 Å². The number of amides is 1. The van der Waals surface area contributed by atoms with Crippen molar-refractivity contribution in [3.63, 3.8) is 0 Å². The Balaban J connectivity index is 2.28. The molecule has 2 N–H and O–H groups in total. The first kappa shape index (κ1) is 16.6. The van der Waals surface area contributed by atoms with E-state index in [1.807, 2.05) is 0 Å². The van der Waals surface area contributed by atoms with E-state index in [9.17, 15) is 9.59 Å². The van der Waals surface area contributed by atoms with Crippen molar-refractivity contribution in [2.24, 2.45) is 5.73 Å². The lowest BCUT2D eigenvalue weighted by atomic mass is 10.3. The molecule has 1 amide bonds. The Morgan fingerprint density at radius 1 is 1.35 bits per heavy atom. The van der Waals surface area contributed by atoms with Crippen LogP contribution in [0.1, 0.15) is 19.8 Å². The van der Waals surface area contributed by atoms with Gasteiger partial charge >= 0.3 is 5.97 Å². The summed E-state index contributed by atoms with van der Waals surface area (Å²) in [5.74, 6) is -0.681. The van der Waals surface area contributed by atoms with E-state index in [4.69, 9.17) is 38.4 Å². The van der Waals surface area contributed by atoms with Gasteiger partial charge in [-0.3, -0.25) is 9.59 Å². The van der Waals surface area contributed by atoms with Crippen LogP contribution in [0.25, 0.3) is 0 Å². The van der Waals surface area contributed by atoms with Gasteiger partial charge in [0.05, 0.1) is 11.6 Å². The lowest BCUT2D eigenvalue weighted by Crippen LogP contribution is -2.30. The zero-order valence-corrected chi connectivity index (χ0v) is 12.4. The highest BCUT2D eigenvalue weighted by atomic mass is 35.5. The Labute approximate surface area is 126 Å². The van der Waals surface area contributed by atoms with E-state index in [2.05, 4.69) is 0 Å². The van der Waals surface area contributed by atoms with Gasteiger partial charge in [0.2, 0.25) is 0 Å². The van der Waals surface area contributed by atoms with Gasteiger partial charge in [0.25, 0.3) is 5.91 Å². The summed E-state index contributed by atoms with van der Waals surface area (Å²) < 4.78 is 10.2. The van der Waals surface area contributed by atoms with Crippen LogP contribution < -0.4 is 10.5 Å². The molecule has 0 aliphatic rings. The molecule has 0 heterocycles. The quantitative estimate of drug-likeness (QED) is 0.618. The number of nitrogens with two attached hydrogens (primary N) is 1. The Morgan fingerprint density at radius 3 is 2.65 bits per heavy atom. The molecule has 0 aliphatic heterocycles. The Morgan fingerprint density at radius 2 is 2.05 bits per heavy atom. The van der Waals surface area contributed by atoms with Gasteiger partial charge in [0.1, 0.15) is 5.75 Å². The van der Waals surface area contributed by atoms with Crippen LogP contribution in [0.5, 0.6) is 5.75 Å². The average molecular weight is 320 g/mol. The fourth-order valence-corrected chi connectivity index (χ4v) is 1.77. The summed E-state index contributed by atoms with van der Waals surface area (Å²) >= 11 is 11.7. The maximum absolute atomic E-state index is 11.4. The van der Waals surface area contributed by atoms with E-state index in [1.165, 1.54) is 6.92 Å². The van der Waals surface area contributed by atoms with Crippen LogP contribution in [0.2, 0.25) is 10.0 Å². The number of primary amides is 1. The molecular weight excluding hydrogens is 305 g/mol. The zero-order valence-electron chi connectivity index (χ0n) is 10.9. The molecule has 1 rings (SSSR count). The summed E-state index contributed by atoms with van der Waals surface area (Å²) in [6, 6.07) is 4.88. The van der Waals surface area contributed by atoms with Gasteiger partial charge in [-0.05, 0) is 31.5 Å². The van der Waals surface area contributed by atoms with Crippen molar-refractivity contribution in [1.82, 2.24) is 0 Å². The number of benzene rings is 1. The van der Waals surface area contributed by atoms with Crippen LogP contribution in [0.15, 0.2) is 18.2 Å². The third kappa shape index (κ3) is 5.67. The van der Waals surface area contributed by atoms with Crippen molar-refractivity contribution in [3.05, 3.63) is 28.2 Å². The molecule has 0 bridgehead atoms. The molecule has 5 nitrogen and oxygen atoms in total. The molecule has 7 heteroatoms. The summed E-state index contributed by atoms with van der Waals surface area (Å²) in [5, 5.41) is 0.925. The maximum Gasteiger partial charge on any atom is 0.306 e. The van der Waals surface area contributed by atoms with Crippen LogP contribution in [-0.4, -0.2) is 24.6 Å². The summed E-state index contributed by atoms with van der Waals surface area (Å²) in [4.78, 5) is 22.1. The van der Waals surface area contributed by atoms with Gasteiger partial charge in [0, 0.05) is 11.4 Å². The van der Waals surface area contributed by atoms with Crippen molar-refractivity contribution in [2.75, 3.05) is 6.61 Å². The number of carbonyl (C=O) groups is 2. The number of ether oxygens (including phenoxy) is 2. The minimum absolute atomic E-state index is 0.128. The predicted molar refractivity (Wildman–Crippen MR) is 75.9 cm³/mol. The summed E-state index contributed by atoms with van der Waals surface area (Å²) in [7, 11) is 0. The average Bonchev–Trinajstić information content (AvgIpc) is 2.36. The lowest BCUT2D eigenvalue weighted by Gasteiger charge is -2.10. The summed E-state index contributed by atoms with van der Waals surface area (Å²) in [5.41, 5.74) is 4.98. The second-order valence-electron chi connectivity index (χ2n) is 4.06. The summed E-state index contributed by atoms with van der Waals surface area (Å²) in [6.45, 7) is 1.71. The van der Waals surface area contributed by atoms with Crippen molar-refractivity contribution in [3.8, 4) is 5.75 Å². The van der Waals surface area contributed by atoms with Crippen LogP contribution in [0, 0.1) is 0 Å². The molecule has 1 atom stereocenters. The largest absolute Gasteiger partial charge is 0.492 e. The predicted octanol–water partition coefficient (Wildman–Crippen LogP) is 2.57. The van der Waals surface area contributed by atoms with Crippen molar-refractivity contribution < 1.29 is 19.1 Å². The number of halogens is 2. The first-order valence-corrected chi connectivity index (χ1v) is 6.72. The second-order valence-corrected chi connectivity index (χ2v) is 4.90. The highest BCUT2D eigenvalue weighted by Gasteiger charge is 2.14. The number of rotatable bonds is 7. The van der Waals surface area contributed by atoms with E-state index in [0.29, 0.717) is 28.8 Å². The highest BCUT2D eigenvalue weighted by molar-refractivity contribution is 6.35. The monoisotopic (exact) mass is 319 g/mol. The van der Waals surface area contributed by atoms with Gasteiger partial charge in [-0.1, -0.05) is 23.2 Å². The van der Waals surface area contributed by atoms with E-state index in [-0.39, 0.29) is 6.42 Å². The standard InChI is InChI=1S/C13H15Cl2NO4/c1-8(13(16)18)20-12(17)3-2-6-19-11-5-4-9(14)7-10(11)15/h4-5,7-8H,2-3,6H2,1H3,(H2,16,18)/t8-/m1/s1. The molecule has 0 unspecified atom stereocenters. The molecule has 0 saturated heterocycles. The fraction of sp³-hybridized carbons (Fsp3) is 0.385. The number of carbonyl (C=O) groups excluding carboxylic acids is 2. The third-order valence-corrected chi connectivity index (χ3v) is 2.92. The zero-order chi connectivity index (χ0) is 15.1. The maximum atomic E-state index is 11.4. The molecule has 110 valence electrons. The smallest absolute Gasteiger partial charge is 0.306 e. The van der Waals surface area contributed by atoms with Crippen LogP contribution >= 0.6 is 23.2 Å². The van der Waals surface area contributed by atoms with Gasteiger partial charge in [-0.15, -0.1) is 0 Å². The molecule has 0 saturated carbocycles. The lowest BCUT2D eigenvalue weighted by molar-refractivity contribution is -0.153. The molecule has 1 aromatic rings. The van der Waals surface area contributed by atoms with Crippen molar-refractivity contribution >= 4 is 35.1 Å². The van der Waals surface area contributed by atoms with Crippen molar-refractivity contribution in [2.45, 2.75) is 25.9 Å². The SMILES string of the molecule is C[C@@H](OC(=O)CCCOc1ccc(Cl)cc1Cl)C(N)=O. The number of hydrogen-bond donors (Lipinski definition) is 1. The molecule has 0 radical (unpaired) electrons. The molecule has 0 fully saturated rings. The Kier molecular flexibility index (Phi) is 6.61. The third-order valence-electron chi connectivity index (χ3n) is 2.39. The van der Waals surface area contributed by atoms with Gasteiger partial charge in [-0.25, -0.2) is 0 Å². The molecule has 1 aromatic carbocycles. The Hall–Kier alpha value is -1.46. The summed E-state index contributed by atoms with van der Waals surface area (Å²) in [6.07, 6.45) is -0.360. The van der Waals surface area contributed by atoms with Gasteiger partial charge in [-0.2, -0.15) is 0 Å². The van der Waals surface area contributed by atoms with Crippen LogP contribution in [0.3, 0.4) is 0 Å². The van der Waals surface area contributed by atoms with E-state index in [0.717, 1.165) is 0 Å². The first-order chi connectivity index (χ1) is 9.40. The van der Waals surface area contributed by atoms with Crippen LogP contribution in [0.4, 0.5) is 0 Å². The molecular formula is C13H15Cl2NO4. The second kappa shape index (κ2) is 7.97. The van der Waals surface area contributed by atoms with E-state index in [1.54, 1.807) is 18.2 Å². The first-order valence-electron chi connectivity index (χ1n) is 5.97. The highest BCUT2D eigenvalue weighted by Crippen LogP contribution is 2.27.